The van der Waals surface area contributed by atoms with Gasteiger partial charge in [-0.2, -0.15) is 0 Å². The molecule has 0 aromatic heterocycles. The molecule has 0 saturated carbocycles. The third-order valence-electron chi connectivity index (χ3n) is 2.36. The molecule has 0 aliphatic carbocycles. The van der Waals surface area contributed by atoms with E-state index in [-0.39, 0.29) is 6.61 Å². The fourth-order valence-corrected chi connectivity index (χ4v) is 1.66. The Balaban J connectivity index is 2.42. The number of fused-ring (bicyclic) bond motifs is 1. The average Bonchev–Trinajstić information content (AvgIpc) is 2.30. The van der Waals surface area contributed by atoms with Crippen molar-refractivity contribution in [1.29, 1.82) is 0 Å². The SMILES string of the molecule is OCC#CCc1cccc2ccccc12. The van der Waals surface area contributed by atoms with Gasteiger partial charge in [-0.05, 0) is 16.3 Å². The molecule has 0 heterocycles. The van der Waals surface area contributed by atoms with Crippen molar-refractivity contribution in [2.24, 2.45) is 0 Å². The number of rotatable bonds is 1. The van der Waals surface area contributed by atoms with Crippen molar-refractivity contribution in [2.45, 2.75) is 6.42 Å². The lowest BCUT2D eigenvalue weighted by Gasteiger charge is -2.02. The lowest BCUT2D eigenvalue weighted by Crippen LogP contribution is -1.84. The summed E-state index contributed by atoms with van der Waals surface area (Å²) in [7, 11) is 0. The molecule has 0 bridgehead atoms. The predicted molar refractivity (Wildman–Crippen MR) is 62.5 cm³/mol. The summed E-state index contributed by atoms with van der Waals surface area (Å²) in [6.07, 6.45) is 0.696. The quantitative estimate of drug-likeness (QED) is 0.694. The lowest BCUT2D eigenvalue weighted by atomic mass is 10.0. The third-order valence-corrected chi connectivity index (χ3v) is 2.36. The molecule has 0 spiro atoms. The van der Waals surface area contributed by atoms with Crippen LogP contribution in [-0.2, 0) is 6.42 Å². The van der Waals surface area contributed by atoms with Crippen LogP contribution in [0.4, 0.5) is 0 Å². The van der Waals surface area contributed by atoms with E-state index in [9.17, 15) is 0 Å². The fourth-order valence-electron chi connectivity index (χ4n) is 1.66. The van der Waals surface area contributed by atoms with Crippen LogP contribution in [0.3, 0.4) is 0 Å². The molecular formula is C14H12O. The van der Waals surface area contributed by atoms with E-state index >= 15 is 0 Å². The highest BCUT2D eigenvalue weighted by Crippen LogP contribution is 2.18. The van der Waals surface area contributed by atoms with Gasteiger partial charge in [0, 0.05) is 6.42 Å². The van der Waals surface area contributed by atoms with Gasteiger partial charge in [-0.3, -0.25) is 0 Å². The first-order chi connectivity index (χ1) is 7.42. The molecule has 1 nitrogen and oxygen atoms in total. The van der Waals surface area contributed by atoms with Crippen molar-refractivity contribution in [3.63, 3.8) is 0 Å². The molecule has 2 aromatic carbocycles. The molecule has 0 fully saturated rings. The van der Waals surface area contributed by atoms with Gasteiger partial charge in [-0.1, -0.05) is 54.3 Å². The van der Waals surface area contributed by atoms with Crippen molar-refractivity contribution in [3.8, 4) is 11.8 Å². The number of benzene rings is 2. The van der Waals surface area contributed by atoms with E-state index in [4.69, 9.17) is 5.11 Å². The van der Waals surface area contributed by atoms with Crippen LogP contribution < -0.4 is 0 Å². The van der Waals surface area contributed by atoms with E-state index in [0.717, 1.165) is 0 Å². The van der Waals surface area contributed by atoms with Crippen molar-refractivity contribution < 1.29 is 5.11 Å². The van der Waals surface area contributed by atoms with Gasteiger partial charge in [0.1, 0.15) is 6.61 Å². The van der Waals surface area contributed by atoms with E-state index in [1.165, 1.54) is 16.3 Å². The number of aliphatic hydroxyl groups excluding tert-OH is 1. The molecule has 0 aliphatic heterocycles. The summed E-state index contributed by atoms with van der Waals surface area (Å²) in [6, 6.07) is 14.5. The zero-order valence-corrected chi connectivity index (χ0v) is 8.40. The largest absolute Gasteiger partial charge is 0.384 e. The molecule has 0 radical (unpaired) electrons. The standard InChI is InChI=1S/C14H12O/c15-11-4-3-7-13-9-5-8-12-6-1-2-10-14(12)13/h1-2,5-6,8-10,15H,7,11H2. The molecule has 1 N–H and O–H groups in total. The predicted octanol–water partition coefficient (Wildman–Crippen LogP) is 2.38. The summed E-state index contributed by atoms with van der Waals surface area (Å²) in [4.78, 5) is 0. The average molecular weight is 196 g/mol. The van der Waals surface area contributed by atoms with Crippen molar-refractivity contribution >= 4 is 10.8 Å². The van der Waals surface area contributed by atoms with Crippen LogP contribution in [0.2, 0.25) is 0 Å². The van der Waals surface area contributed by atoms with E-state index in [0.29, 0.717) is 6.42 Å². The van der Waals surface area contributed by atoms with Gasteiger partial charge in [-0.15, -0.1) is 0 Å². The molecule has 1 heteroatoms. The van der Waals surface area contributed by atoms with Crippen LogP contribution in [0, 0.1) is 11.8 Å². The summed E-state index contributed by atoms with van der Waals surface area (Å²) in [5.41, 5.74) is 1.22. The topological polar surface area (TPSA) is 20.2 Å². The fraction of sp³-hybridized carbons (Fsp3) is 0.143. The first kappa shape index (κ1) is 9.76. The molecule has 0 aliphatic rings. The molecular weight excluding hydrogens is 184 g/mol. The minimum atomic E-state index is -0.0647. The zero-order valence-electron chi connectivity index (χ0n) is 8.40. The summed E-state index contributed by atoms with van der Waals surface area (Å²) >= 11 is 0. The normalized spacial score (nSPS) is 9.67. The Kier molecular flexibility index (Phi) is 3.02. The van der Waals surface area contributed by atoms with Crippen LogP contribution in [0.1, 0.15) is 5.56 Å². The van der Waals surface area contributed by atoms with Crippen LogP contribution in [-0.4, -0.2) is 11.7 Å². The summed E-state index contributed by atoms with van der Waals surface area (Å²) in [5, 5.41) is 11.1. The number of hydrogen-bond donors (Lipinski definition) is 1. The van der Waals surface area contributed by atoms with Crippen molar-refractivity contribution in [3.05, 3.63) is 48.0 Å². The lowest BCUT2D eigenvalue weighted by molar-refractivity contribution is 0.350. The van der Waals surface area contributed by atoms with Crippen LogP contribution in [0.25, 0.3) is 10.8 Å². The monoisotopic (exact) mass is 196 g/mol. The molecule has 74 valence electrons. The van der Waals surface area contributed by atoms with E-state index < -0.39 is 0 Å². The highest BCUT2D eigenvalue weighted by molar-refractivity contribution is 5.85. The number of hydrogen-bond acceptors (Lipinski definition) is 1. The summed E-state index contributed by atoms with van der Waals surface area (Å²) < 4.78 is 0. The molecule has 0 unspecified atom stereocenters. The molecule has 2 aromatic rings. The summed E-state index contributed by atoms with van der Waals surface area (Å²) in [5.74, 6) is 5.61. The van der Waals surface area contributed by atoms with Crippen LogP contribution in [0.15, 0.2) is 42.5 Å². The Labute approximate surface area is 89.4 Å². The second-order valence-corrected chi connectivity index (χ2v) is 3.33. The third kappa shape index (κ3) is 2.18. The second-order valence-electron chi connectivity index (χ2n) is 3.33. The van der Waals surface area contributed by atoms with Gasteiger partial charge >= 0.3 is 0 Å². The minimum Gasteiger partial charge on any atom is -0.384 e. The Morgan fingerprint density at radius 2 is 1.73 bits per heavy atom. The Morgan fingerprint density at radius 1 is 0.933 bits per heavy atom. The molecule has 2 rings (SSSR count). The van der Waals surface area contributed by atoms with Gasteiger partial charge in [0.25, 0.3) is 0 Å². The zero-order chi connectivity index (χ0) is 10.5. The maximum atomic E-state index is 8.58. The summed E-state index contributed by atoms with van der Waals surface area (Å²) in [6.45, 7) is -0.0647. The molecule has 0 atom stereocenters. The van der Waals surface area contributed by atoms with E-state index in [1.807, 2.05) is 18.2 Å². The molecule has 15 heavy (non-hydrogen) atoms. The Morgan fingerprint density at radius 3 is 2.60 bits per heavy atom. The second kappa shape index (κ2) is 4.63. The van der Waals surface area contributed by atoms with Crippen molar-refractivity contribution in [2.75, 3.05) is 6.61 Å². The van der Waals surface area contributed by atoms with Crippen molar-refractivity contribution in [1.82, 2.24) is 0 Å². The van der Waals surface area contributed by atoms with Crippen LogP contribution >= 0.6 is 0 Å². The van der Waals surface area contributed by atoms with Gasteiger partial charge in [0.15, 0.2) is 0 Å². The van der Waals surface area contributed by atoms with Gasteiger partial charge in [0.2, 0.25) is 0 Å². The maximum Gasteiger partial charge on any atom is 0.104 e. The Hall–Kier alpha value is -1.78. The van der Waals surface area contributed by atoms with Gasteiger partial charge in [-0.25, -0.2) is 0 Å². The maximum absolute atomic E-state index is 8.58. The minimum absolute atomic E-state index is 0.0647. The highest BCUT2D eigenvalue weighted by Gasteiger charge is 1.97. The highest BCUT2D eigenvalue weighted by atomic mass is 16.2. The van der Waals surface area contributed by atoms with Crippen LogP contribution in [0.5, 0.6) is 0 Å². The smallest absolute Gasteiger partial charge is 0.104 e. The molecule has 0 saturated heterocycles. The van der Waals surface area contributed by atoms with Gasteiger partial charge < -0.3 is 5.11 Å². The van der Waals surface area contributed by atoms with E-state index in [2.05, 4.69) is 36.1 Å². The first-order valence-electron chi connectivity index (χ1n) is 4.95. The van der Waals surface area contributed by atoms with Gasteiger partial charge in [0.05, 0.1) is 0 Å². The number of aliphatic hydroxyl groups is 1. The molecule has 0 amide bonds. The Bertz CT molecular complexity index is 512. The first-order valence-corrected chi connectivity index (χ1v) is 4.95. The van der Waals surface area contributed by atoms with E-state index in [1.54, 1.807) is 0 Å².